The molecule has 0 aliphatic rings. The van der Waals surface area contributed by atoms with Gasteiger partial charge in [0, 0.05) is 21.4 Å². The summed E-state index contributed by atoms with van der Waals surface area (Å²) in [5.41, 5.74) is 0.242. The number of nitro benzene ring substituents is 1. The topological polar surface area (TPSA) is 107 Å². The highest BCUT2D eigenvalue weighted by molar-refractivity contribution is 14.1. The maximum absolute atomic E-state index is 12.5. The summed E-state index contributed by atoms with van der Waals surface area (Å²) in [7, 11) is 0. The van der Waals surface area contributed by atoms with Crippen LogP contribution in [-0.4, -0.2) is 20.4 Å². The zero-order valence-electron chi connectivity index (χ0n) is 12.7. The summed E-state index contributed by atoms with van der Waals surface area (Å²) < 4.78 is 2.15. The van der Waals surface area contributed by atoms with Crippen LogP contribution in [0.1, 0.15) is 0 Å². The van der Waals surface area contributed by atoms with Gasteiger partial charge in [0.05, 0.1) is 22.2 Å². The number of carbonyl (C=O) groups excluding carboxylic acids is 1. The van der Waals surface area contributed by atoms with E-state index >= 15 is 0 Å². The van der Waals surface area contributed by atoms with E-state index in [9.17, 15) is 19.7 Å². The van der Waals surface area contributed by atoms with E-state index in [1.807, 2.05) is 12.1 Å². The number of aromatic nitrogens is 2. The van der Waals surface area contributed by atoms with Crippen molar-refractivity contribution in [3.8, 4) is 0 Å². The SMILES string of the molecule is O=C(Cn1cnc2ccc([N+](=O)[O-])cc2c1=O)Nc1ccc(I)cc1. The van der Waals surface area contributed by atoms with Gasteiger partial charge in [-0.2, -0.15) is 0 Å². The van der Waals surface area contributed by atoms with Crippen LogP contribution >= 0.6 is 22.6 Å². The zero-order chi connectivity index (χ0) is 18.0. The van der Waals surface area contributed by atoms with Crippen molar-refractivity contribution in [2.75, 3.05) is 5.32 Å². The first-order valence-corrected chi connectivity index (χ1v) is 8.21. The molecule has 0 spiro atoms. The third-order valence-corrected chi connectivity index (χ3v) is 4.18. The first kappa shape index (κ1) is 17.0. The third-order valence-electron chi connectivity index (χ3n) is 3.46. The minimum Gasteiger partial charge on any atom is -0.325 e. The Kier molecular flexibility index (Phi) is 4.74. The standard InChI is InChI=1S/C16H11IN4O4/c17-10-1-3-11(4-2-10)19-15(22)8-20-9-18-14-6-5-12(21(24)25)7-13(14)16(20)23/h1-7,9H,8H2,(H,19,22). The first-order valence-electron chi connectivity index (χ1n) is 7.13. The lowest BCUT2D eigenvalue weighted by atomic mass is 10.2. The van der Waals surface area contributed by atoms with E-state index in [1.54, 1.807) is 12.1 Å². The molecule has 0 bridgehead atoms. The van der Waals surface area contributed by atoms with Crippen molar-refractivity contribution in [1.82, 2.24) is 9.55 Å². The predicted octanol–water partition coefficient (Wildman–Crippen LogP) is 2.55. The van der Waals surface area contributed by atoms with Crippen LogP contribution in [0, 0.1) is 13.7 Å². The number of benzene rings is 2. The van der Waals surface area contributed by atoms with Gasteiger partial charge in [-0.05, 0) is 52.9 Å². The van der Waals surface area contributed by atoms with Gasteiger partial charge in [0.25, 0.3) is 11.2 Å². The van der Waals surface area contributed by atoms with Crippen LogP contribution in [0.3, 0.4) is 0 Å². The molecule has 9 heteroatoms. The Labute approximate surface area is 154 Å². The van der Waals surface area contributed by atoms with Crippen LogP contribution in [0.15, 0.2) is 53.6 Å². The molecular weight excluding hydrogens is 439 g/mol. The monoisotopic (exact) mass is 450 g/mol. The van der Waals surface area contributed by atoms with Gasteiger partial charge < -0.3 is 5.32 Å². The Morgan fingerprint density at radius 1 is 1.24 bits per heavy atom. The molecule has 0 unspecified atom stereocenters. The summed E-state index contributed by atoms with van der Waals surface area (Å²) in [6, 6.07) is 11.1. The molecule has 126 valence electrons. The van der Waals surface area contributed by atoms with Crippen LogP contribution in [0.2, 0.25) is 0 Å². The number of non-ortho nitro benzene ring substituents is 1. The second-order valence-electron chi connectivity index (χ2n) is 5.19. The average molecular weight is 450 g/mol. The number of hydrogen-bond donors (Lipinski definition) is 1. The quantitative estimate of drug-likeness (QED) is 0.374. The van der Waals surface area contributed by atoms with Crippen molar-refractivity contribution < 1.29 is 9.72 Å². The van der Waals surface area contributed by atoms with Crippen molar-refractivity contribution in [1.29, 1.82) is 0 Å². The summed E-state index contributed by atoms with van der Waals surface area (Å²) in [6.07, 6.45) is 1.25. The molecular formula is C16H11IN4O4. The molecule has 1 heterocycles. The number of carbonyl (C=O) groups is 1. The van der Waals surface area contributed by atoms with Gasteiger partial charge in [-0.15, -0.1) is 0 Å². The lowest BCUT2D eigenvalue weighted by molar-refractivity contribution is -0.384. The van der Waals surface area contributed by atoms with Crippen molar-refractivity contribution >= 4 is 50.8 Å². The van der Waals surface area contributed by atoms with E-state index in [2.05, 4.69) is 32.9 Å². The van der Waals surface area contributed by atoms with Crippen molar-refractivity contribution in [2.45, 2.75) is 6.54 Å². The zero-order valence-corrected chi connectivity index (χ0v) is 14.8. The molecule has 0 saturated heterocycles. The maximum atomic E-state index is 12.5. The number of fused-ring (bicyclic) bond motifs is 1. The number of anilines is 1. The Bertz CT molecular complexity index is 1030. The number of nitrogens with zero attached hydrogens (tertiary/aromatic N) is 3. The van der Waals surface area contributed by atoms with E-state index in [1.165, 1.54) is 18.5 Å². The summed E-state index contributed by atoms with van der Waals surface area (Å²) in [6.45, 7) is -0.240. The molecule has 0 saturated carbocycles. The van der Waals surface area contributed by atoms with Crippen LogP contribution in [0.5, 0.6) is 0 Å². The van der Waals surface area contributed by atoms with Gasteiger partial charge >= 0.3 is 0 Å². The van der Waals surface area contributed by atoms with Crippen LogP contribution < -0.4 is 10.9 Å². The van der Waals surface area contributed by atoms with Crippen LogP contribution in [-0.2, 0) is 11.3 Å². The minimum absolute atomic E-state index is 0.0961. The van der Waals surface area contributed by atoms with Crippen LogP contribution in [0.25, 0.3) is 10.9 Å². The number of rotatable bonds is 4. The molecule has 1 N–H and O–H groups in total. The van der Waals surface area contributed by atoms with E-state index in [0.29, 0.717) is 11.2 Å². The maximum Gasteiger partial charge on any atom is 0.270 e. The lowest BCUT2D eigenvalue weighted by Gasteiger charge is -2.08. The van der Waals surface area contributed by atoms with Gasteiger partial charge in [0.1, 0.15) is 6.54 Å². The van der Waals surface area contributed by atoms with E-state index in [0.717, 1.165) is 14.2 Å². The molecule has 3 rings (SSSR count). The molecule has 2 aromatic carbocycles. The molecule has 0 aliphatic carbocycles. The summed E-state index contributed by atoms with van der Waals surface area (Å²) in [4.78, 5) is 38.9. The Morgan fingerprint density at radius 2 is 1.96 bits per heavy atom. The molecule has 0 aliphatic heterocycles. The Hall–Kier alpha value is -2.82. The highest BCUT2D eigenvalue weighted by Crippen LogP contribution is 2.16. The molecule has 0 radical (unpaired) electrons. The predicted molar refractivity (Wildman–Crippen MR) is 100 cm³/mol. The number of hydrogen-bond acceptors (Lipinski definition) is 5. The molecule has 25 heavy (non-hydrogen) atoms. The second-order valence-corrected chi connectivity index (χ2v) is 6.44. The fourth-order valence-electron chi connectivity index (χ4n) is 2.26. The van der Waals surface area contributed by atoms with E-state index in [-0.39, 0.29) is 17.6 Å². The van der Waals surface area contributed by atoms with E-state index in [4.69, 9.17) is 0 Å². The second kappa shape index (κ2) is 6.97. The van der Waals surface area contributed by atoms with Crippen molar-refractivity contribution in [2.24, 2.45) is 0 Å². The molecule has 0 atom stereocenters. The Morgan fingerprint density at radius 3 is 2.64 bits per heavy atom. The number of halogens is 1. The third kappa shape index (κ3) is 3.82. The fraction of sp³-hybridized carbons (Fsp3) is 0.0625. The number of nitro groups is 1. The van der Waals surface area contributed by atoms with Gasteiger partial charge in [0.2, 0.25) is 5.91 Å². The first-order chi connectivity index (χ1) is 11.9. The van der Waals surface area contributed by atoms with Gasteiger partial charge in [-0.3, -0.25) is 24.3 Å². The summed E-state index contributed by atoms with van der Waals surface area (Å²) in [5, 5.41) is 13.6. The Balaban J connectivity index is 1.86. The summed E-state index contributed by atoms with van der Waals surface area (Å²) >= 11 is 2.15. The average Bonchev–Trinajstić information content (AvgIpc) is 2.59. The highest BCUT2D eigenvalue weighted by atomic mass is 127. The summed E-state index contributed by atoms with van der Waals surface area (Å²) in [5.74, 6) is -0.394. The number of nitrogens with one attached hydrogen (secondary N) is 1. The lowest BCUT2D eigenvalue weighted by Crippen LogP contribution is -2.27. The smallest absolute Gasteiger partial charge is 0.270 e. The molecule has 1 aromatic heterocycles. The molecule has 0 fully saturated rings. The van der Waals surface area contributed by atoms with E-state index < -0.39 is 16.4 Å². The van der Waals surface area contributed by atoms with Crippen molar-refractivity contribution in [3.63, 3.8) is 0 Å². The minimum atomic E-state index is -0.584. The molecule has 3 aromatic rings. The highest BCUT2D eigenvalue weighted by Gasteiger charge is 2.12. The number of amides is 1. The largest absolute Gasteiger partial charge is 0.325 e. The molecule has 8 nitrogen and oxygen atoms in total. The fourth-order valence-corrected chi connectivity index (χ4v) is 2.62. The van der Waals surface area contributed by atoms with Crippen LogP contribution in [0.4, 0.5) is 11.4 Å². The van der Waals surface area contributed by atoms with Gasteiger partial charge in [-0.1, -0.05) is 0 Å². The van der Waals surface area contributed by atoms with Gasteiger partial charge in [0.15, 0.2) is 0 Å². The van der Waals surface area contributed by atoms with Crippen molar-refractivity contribution in [3.05, 3.63) is 72.8 Å². The molecule has 1 amide bonds. The van der Waals surface area contributed by atoms with Gasteiger partial charge in [-0.25, -0.2) is 4.98 Å². The normalized spacial score (nSPS) is 10.6.